The minimum Gasteiger partial charge on any atom is -0.379 e. The topological polar surface area (TPSA) is 90.6 Å². The highest BCUT2D eigenvalue weighted by Crippen LogP contribution is 2.18. The van der Waals surface area contributed by atoms with Crippen molar-refractivity contribution in [3.8, 4) is 0 Å². The maximum Gasteiger partial charge on any atom is 0.224 e. The quantitative estimate of drug-likeness (QED) is 0.680. The largest absolute Gasteiger partial charge is 0.379 e. The summed E-state index contributed by atoms with van der Waals surface area (Å²) in [7, 11) is 0. The van der Waals surface area contributed by atoms with Gasteiger partial charge < -0.3 is 15.0 Å². The molecule has 2 saturated heterocycles. The predicted octanol–water partition coefficient (Wildman–Crippen LogP) is 0.0293. The van der Waals surface area contributed by atoms with E-state index in [-0.39, 0.29) is 17.7 Å². The van der Waals surface area contributed by atoms with Gasteiger partial charge in [0.05, 0.1) is 25.3 Å². The summed E-state index contributed by atoms with van der Waals surface area (Å²) in [6.07, 6.45) is 6.43. The van der Waals surface area contributed by atoms with Crippen LogP contribution in [0.1, 0.15) is 24.8 Å². The summed E-state index contributed by atoms with van der Waals surface area (Å²) in [5.74, 6) is 0.133. The van der Waals surface area contributed by atoms with E-state index in [0.717, 1.165) is 57.8 Å². The molecule has 0 spiro atoms. The first-order chi connectivity index (χ1) is 12.7. The third-order valence-electron chi connectivity index (χ3n) is 5.14. The van der Waals surface area contributed by atoms with Crippen molar-refractivity contribution in [1.82, 2.24) is 25.3 Å². The third kappa shape index (κ3) is 5.54. The van der Waals surface area contributed by atoms with Crippen molar-refractivity contribution in [2.75, 3.05) is 52.5 Å². The van der Waals surface area contributed by atoms with Crippen LogP contribution >= 0.6 is 0 Å². The van der Waals surface area contributed by atoms with Gasteiger partial charge in [-0.15, -0.1) is 0 Å². The van der Waals surface area contributed by atoms with Crippen LogP contribution < -0.4 is 5.32 Å². The van der Waals surface area contributed by atoms with Crippen LogP contribution in [0.15, 0.2) is 12.4 Å². The van der Waals surface area contributed by atoms with Crippen LogP contribution in [-0.4, -0.2) is 84.3 Å². The smallest absolute Gasteiger partial charge is 0.224 e. The summed E-state index contributed by atoms with van der Waals surface area (Å²) in [6.45, 7) is 6.38. The van der Waals surface area contributed by atoms with Gasteiger partial charge in [0.1, 0.15) is 0 Å². The monoisotopic (exact) mass is 363 g/mol. The van der Waals surface area contributed by atoms with Gasteiger partial charge in [0.2, 0.25) is 11.8 Å². The van der Waals surface area contributed by atoms with E-state index in [2.05, 4.69) is 20.4 Å². The highest BCUT2D eigenvalue weighted by molar-refractivity contribution is 5.83. The number of amides is 2. The molecule has 2 fully saturated rings. The Hall–Kier alpha value is -1.93. The standard InChI is InChI=1S/C18H29N5O3/c24-17-3-2-16(18(25)19-5-4-15-12-20-21-13-15)14-23(17)7-1-6-22-8-10-26-11-9-22/h12-13,16H,1-11,14H2,(H,19,25)(H,20,21). The molecule has 2 N–H and O–H groups in total. The molecule has 0 aromatic carbocycles. The molecule has 144 valence electrons. The molecule has 0 radical (unpaired) electrons. The Kier molecular flexibility index (Phi) is 7.02. The number of carbonyl (C=O) groups excluding carboxylic acids is 2. The highest BCUT2D eigenvalue weighted by atomic mass is 16.5. The van der Waals surface area contributed by atoms with Gasteiger partial charge in [0.25, 0.3) is 0 Å². The van der Waals surface area contributed by atoms with Crippen LogP contribution in [0.5, 0.6) is 0 Å². The second-order valence-electron chi connectivity index (χ2n) is 7.03. The van der Waals surface area contributed by atoms with Gasteiger partial charge in [-0.1, -0.05) is 0 Å². The van der Waals surface area contributed by atoms with Gasteiger partial charge in [-0.25, -0.2) is 0 Å². The lowest BCUT2D eigenvalue weighted by molar-refractivity contribution is -0.138. The molecule has 1 aromatic heterocycles. The van der Waals surface area contributed by atoms with Crippen LogP contribution in [0.2, 0.25) is 0 Å². The number of aromatic nitrogens is 2. The number of carbonyl (C=O) groups is 2. The molecular formula is C18H29N5O3. The summed E-state index contributed by atoms with van der Waals surface area (Å²) in [4.78, 5) is 28.8. The minimum absolute atomic E-state index is 0.0548. The Morgan fingerprint density at radius 1 is 1.35 bits per heavy atom. The minimum atomic E-state index is -0.0968. The van der Waals surface area contributed by atoms with Crippen LogP contribution in [0, 0.1) is 5.92 Å². The molecule has 0 saturated carbocycles. The number of likely N-dealkylation sites (tertiary alicyclic amines) is 1. The zero-order chi connectivity index (χ0) is 18.2. The van der Waals surface area contributed by atoms with E-state index in [9.17, 15) is 9.59 Å². The number of piperidine rings is 1. The molecule has 3 heterocycles. The zero-order valence-electron chi connectivity index (χ0n) is 15.3. The molecule has 2 aliphatic rings. The number of rotatable bonds is 8. The number of ether oxygens (including phenoxy) is 1. The Labute approximate surface area is 154 Å². The fraction of sp³-hybridized carbons (Fsp3) is 0.722. The molecule has 8 nitrogen and oxygen atoms in total. The Morgan fingerprint density at radius 2 is 2.19 bits per heavy atom. The molecule has 1 atom stereocenters. The van der Waals surface area contributed by atoms with Crippen LogP contribution in [-0.2, 0) is 20.7 Å². The van der Waals surface area contributed by atoms with Gasteiger partial charge in [0, 0.05) is 51.9 Å². The second kappa shape index (κ2) is 9.68. The number of morpholine rings is 1. The summed E-state index contributed by atoms with van der Waals surface area (Å²) >= 11 is 0. The van der Waals surface area contributed by atoms with E-state index in [1.165, 1.54) is 0 Å². The first-order valence-corrected chi connectivity index (χ1v) is 9.55. The van der Waals surface area contributed by atoms with Gasteiger partial charge in [-0.2, -0.15) is 5.10 Å². The molecule has 2 aliphatic heterocycles. The molecule has 0 aliphatic carbocycles. The number of hydrogen-bond acceptors (Lipinski definition) is 5. The average molecular weight is 363 g/mol. The zero-order valence-corrected chi connectivity index (χ0v) is 15.3. The summed E-state index contributed by atoms with van der Waals surface area (Å²) < 4.78 is 5.35. The van der Waals surface area contributed by atoms with Crippen molar-refractivity contribution in [3.63, 3.8) is 0 Å². The van der Waals surface area contributed by atoms with Crippen LogP contribution in [0.25, 0.3) is 0 Å². The number of hydrogen-bond donors (Lipinski definition) is 2. The van der Waals surface area contributed by atoms with Crippen molar-refractivity contribution in [2.45, 2.75) is 25.7 Å². The molecule has 1 aromatic rings. The van der Waals surface area contributed by atoms with Crippen molar-refractivity contribution in [3.05, 3.63) is 18.0 Å². The molecule has 2 amide bonds. The van der Waals surface area contributed by atoms with Crippen molar-refractivity contribution >= 4 is 11.8 Å². The fourth-order valence-corrected chi connectivity index (χ4v) is 3.54. The Morgan fingerprint density at radius 3 is 2.96 bits per heavy atom. The van der Waals surface area contributed by atoms with Gasteiger partial charge in [0.15, 0.2) is 0 Å². The lowest BCUT2D eigenvalue weighted by atomic mass is 9.96. The van der Waals surface area contributed by atoms with E-state index < -0.39 is 0 Å². The summed E-state index contributed by atoms with van der Waals surface area (Å²) in [5, 5.41) is 9.66. The number of H-pyrrole nitrogens is 1. The van der Waals surface area contributed by atoms with E-state index in [1.807, 2.05) is 11.1 Å². The van der Waals surface area contributed by atoms with Crippen molar-refractivity contribution in [1.29, 1.82) is 0 Å². The maximum atomic E-state index is 12.4. The first kappa shape index (κ1) is 18.8. The Bertz CT molecular complexity index is 571. The molecule has 1 unspecified atom stereocenters. The number of aromatic amines is 1. The molecule has 26 heavy (non-hydrogen) atoms. The summed E-state index contributed by atoms with van der Waals surface area (Å²) in [6, 6.07) is 0. The van der Waals surface area contributed by atoms with Crippen molar-refractivity contribution in [2.24, 2.45) is 5.92 Å². The van der Waals surface area contributed by atoms with Gasteiger partial charge in [-0.05, 0) is 24.8 Å². The third-order valence-corrected chi connectivity index (χ3v) is 5.14. The van der Waals surface area contributed by atoms with E-state index in [1.54, 1.807) is 6.20 Å². The van der Waals surface area contributed by atoms with E-state index in [4.69, 9.17) is 4.74 Å². The van der Waals surface area contributed by atoms with E-state index in [0.29, 0.717) is 25.9 Å². The predicted molar refractivity (Wildman–Crippen MR) is 96.5 cm³/mol. The van der Waals surface area contributed by atoms with Gasteiger partial charge in [-0.3, -0.25) is 19.6 Å². The second-order valence-corrected chi connectivity index (χ2v) is 7.03. The molecule has 8 heteroatoms. The molecule has 0 bridgehead atoms. The molecule has 3 rings (SSSR count). The number of nitrogens with zero attached hydrogens (tertiary/aromatic N) is 3. The highest BCUT2D eigenvalue weighted by Gasteiger charge is 2.29. The average Bonchev–Trinajstić information content (AvgIpc) is 3.17. The van der Waals surface area contributed by atoms with Gasteiger partial charge >= 0.3 is 0 Å². The lowest BCUT2D eigenvalue weighted by Gasteiger charge is -2.33. The first-order valence-electron chi connectivity index (χ1n) is 9.55. The summed E-state index contributed by atoms with van der Waals surface area (Å²) in [5.41, 5.74) is 1.08. The van der Waals surface area contributed by atoms with Crippen molar-refractivity contribution < 1.29 is 14.3 Å². The van der Waals surface area contributed by atoms with Crippen LogP contribution in [0.3, 0.4) is 0 Å². The SMILES string of the molecule is O=C(NCCc1cn[nH]c1)C1CCC(=O)N(CCCN2CCOCC2)C1. The normalized spacial score (nSPS) is 21.8. The van der Waals surface area contributed by atoms with E-state index >= 15 is 0 Å². The molecular weight excluding hydrogens is 334 g/mol. The lowest BCUT2D eigenvalue weighted by Crippen LogP contribution is -2.47. The Balaban J connectivity index is 1.37. The fourth-order valence-electron chi connectivity index (χ4n) is 3.54. The number of nitrogens with one attached hydrogen (secondary N) is 2. The van der Waals surface area contributed by atoms with Crippen LogP contribution in [0.4, 0.5) is 0 Å². The maximum absolute atomic E-state index is 12.4.